The van der Waals surface area contributed by atoms with Crippen LogP contribution in [0, 0.1) is 3.57 Å². The highest BCUT2D eigenvalue weighted by molar-refractivity contribution is 14.1. The van der Waals surface area contributed by atoms with Crippen molar-refractivity contribution in [2.24, 2.45) is 0 Å². The van der Waals surface area contributed by atoms with E-state index in [2.05, 4.69) is 40.0 Å². The van der Waals surface area contributed by atoms with Gasteiger partial charge in [-0.25, -0.2) is 0 Å². The summed E-state index contributed by atoms with van der Waals surface area (Å²) in [5.74, 6) is 0. The molecule has 0 radical (unpaired) electrons. The first-order valence-electron chi connectivity index (χ1n) is 5.97. The van der Waals surface area contributed by atoms with Crippen molar-refractivity contribution >= 4 is 39.9 Å². The monoisotopic (exact) mass is 349 g/mol. The molecule has 1 aliphatic rings. The Morgan fingerprint density at radius 3 is 2.44 bits per heavy atom. The summed E-state index contributed by atoms with van der Waals surface area (Å²) >= 11 is 8.51. The van der Waals surface area contributed by atoms with Gasteiger partial charge in [-0.05, 0) is 53.6 Å². The van der Waals surface area contributed by atoms with Gasteiger partial charge in [0, 0.05) is 9.61 Å². The van der Waals surface area contributed by atoms with Crippen LogP contribution in [0.2, 0.25) is 5.02 Å². The molecule has 3 heteroatoms. The fraction of sp³-hybridized carbons (Fsp3) is 0.538. The van der Waals surface area contributed by atoms with E-state index in [0.29, 0.717) is 6.04 Å². The molecular formula is C13H17ClIN. The van der Waals surface area contributed by atoms with Gasteiger partial charge in [0.2, 0.25) is 0 Å². The van der Waals surface area contributed by atoms with Crippen molar-refractivity contribution in [3.8, 4) is 0 Å². The molecule has 0 spiro atoms. The molecule has 0 aromatic heterocycles. The second-order valence-electron chi connectivity index (χ2n) is 4.46. The quantitative estimate of drug-likeness (QED) is 0.580. The Hall–Kier alpha value is 0.0400. The topological polar surface area (TPSA) is 12.0 Å². The summed E-state index contributed by atoms with van der Waals surface area (Å²) in [6.45, 7) is 0. The minimum Gasteiger partial charge on any atom is -0.381 e. The average molecular weight is 350 g/mol. The fourth-order valence-corrected chi connectivity index (χ4v) is 3.16. The van der Waals surface area contributed by atoms with Crippen molar-refractivity contribution in [1.29, 1.82) is 0 Å². The van der Waals surface area contributed by atoms with E-state index in [4.69, 9.17) is 11.6 Å². The number of hydrogen-bond acceptors (Lipinski definition) is 1. The normalized spacial score (nSPS) is 18.1. The molecule has 0 unspecified atom stereocenters. The number of benzene rings is 1. The third kappa shape index (κ3) is 3.52. The van der Waals surface area contributed by atoms with E-state index < -0.39 is 0 Å². The predicted molar refractivity (Wildman–Crippen MR) is 79.3 cm³/mol. The number of halogens is 2. The van der Waals surface area contributed by atoms with Crippen LogP contribution in [0.15, 0.2) is 18.2 Å². The van der Waals surface area contributed by atoms with Crippen LogP contribution in [-0.4, -0.2) is 6.04 Å². The summed E-state index contributed by atoms with van der Waals surface area (Å²) in [4.78, 5) is 0. The summed E-state index contributed by atoms with van der Waals surface area (Å²) in [6.07, 6.45) is 8.03. The smallest absolute Gasteiger partial charge is 0.0648 e. The zero-order valence-electron chi connectivity index (χ0n) is 9.31. The van der Waals surface area contributed by atoms with Crippen LogP contribution in [0.1, 0.15) is 38.5 Å². The van der Waals surface area contributed by atoms with Crippen LogP contribution in [0.25, 0.3) is 0 Å². The first kappa shape index (κ1) is 12.5. The lowest BCUT2D eigenvalue weighted by Gasteiger charge is -2.18. The zero-order valence-corrected chi connectivity index (χ0v) is 12.2. The maximum absolute atomic E-state index is 6.22. The molecule has 1 aromatic carbocycles. The molecule has 0 heterocycles. The maximum atomic E-state index is 6.22. The van der Waals surface area contributed by atoms with Crippen molar-refractivity contribution in [2.45, 2.75) is 44.6 Å². The van der Waals surface area contributed by atoms with Crippen molar-refractivity contribution in [3.63, 3.8) is 0 Å². The highest BCUT2D eigenvalue weighted by Gasteiger charge is 2.12. The molecule has 1 fully saturated rings. The van der Waals surface area contributed by atoms with Crippen LogP contribution < -0.4 is 5.32 Å². The van der Waals surface area contributed by atoms with Crippen molar-refractivity contribution < 1.29 is 0 Å². The number of hydrogen-bond donors (Lipinski definition) is 1. The molecule has 0 atom stereocenters. The Bertz CT molecular complexity index is 346. The number of rotatable bonds is 2. The Morgan fingerprint density at radius 1 is 1.12 bits per heavy atom. The van der Waals surface area contributed by atoms with Gasteiger partial charge < -0.3 is 5.32 Å². The van der Waals surface area contributed by atoms with E-state index in [0.717, 1.165) is 10.7 Å². The van der Waals surface area contributed by atoms with Crippen LogP contribution in [-0.2, 0) is 0 Å². The molecule has 88 valence electrons. The molecule has 1 aromatic rings. The Balaban J connectivity index is 2.01. The van der Waals surface area contributed by atoms with Gasteiger partial charge in [-0.2, -0.15) is 0 Å². The number of anilines is 1. The Kier molecular flexibility index (Phi) is 4.77. The van der Waals surface area contributed by atoms with Gasteiger partial charge >= 0.3 is 0 Å². The predicted octanol–water partition coefficient (Wildman–Crippen LogP) is 5.08. The standard InChI is InChI=1S/C13H17ClIN/c14-12-9-10(15)7-8-13(12)16-11-5-3-1-2-4-6-11/h7-9,11,16H,1-6H2. The molecule has 1 N–H and O–H groups in total. The lowest BCUT2D eigenvalue weighted by Crippen LogP contribution is -2.18. The lowest BCUT2D eigenvalue weighted by atomic mass is 10.1. The van der Waals surface area contributed by atoms with Gasteiger partial charge in [-0.3, -0.25) is 0 Å². The zero-order chi connectivity index (χ0) is 11.4. The van der Waals surface area contributed by atoms with E-state index in [1.807, 2.05) is 6.07 Å². The third-order valence-corrected chi connectivity index (χ3v) is 4.13. The first-order chi connectivity index (χ1) is 7.75. The Labute approximate surface area is 116 Å². The van der Waals surface area contributed by atoms with Gasteiger partial charge in [0.05, 0.1) is 10.7 Å². The van der Waals surface area contributed by atoms with Gasteiger partial charge in [0.15, 0.2) is 0 Å². The second-order valence-corrected chi connectivity index (χ2v) is 6.11. The minimum atomic E-state index is 0.611. The van der Waals surface area contributed by atoms with E-state index in [1.54, 1.807) is 0 Å². The van der Waals surface area contributed by atoms with Crippen LogP contribution in [0.3, 0.4) is 0 Å². The largest absolute Gasteiger partial charge is 0.381 e. The highest BCUT2D eigenvalue weighted by Crippen LogP contribution is 2.27. The van der Waals surface area contributed by atoms with Crippen molar-refractivity contribution in [3.05, 3.63) is 26.8 Å². The summed E-state index contributed by atoms with van der Waals surface area (Å²) < 4.78 is 1.19. The molecule has 0 aliphatic heterocycles. The molecule has 2 rings (SSSR count). The van der Waals surface area contributed by atoms with Crippen LogP contribution in [0.4, 0.5) is 5.69 Å². The van der Waals surface area contributed by atoms with Crippen LogP contribution in [0.5, 0.6) is 0 Å². The molecule has 1 saturated carbocycles. The second kappa shape index (κ2) is 6.10. The van der Waals surface area contributed by atoms with E-state index in [-0.39, 0.29) is 0 Å². The first-order valence-corrected chi connectivity index (χ1v) is 7.43. The van der Waals surface area contributed by atoms with E-state index >= 15 is 0 Å². The van der Waals surface area contributed by atoms with Crippen LogP contribution >= 0.6 is 34.2 Å². The molecule has 1 aliphatic carbocycles. The Morgan fingerprint density at radius 2 is 1.81 bits per heavy atom. The molecule has 16 heavy (non-hydrogen) atoms. The molecule has 0 bridgehead atoms. The number of nitrogens with one attached hydrogen (secondary N) is 1. The summed E-state index contributed by atoms with van der Waals surface area (Å²) in [5.41, 5.74) is 1.09. The van der Waals surface area contributed by atoms with Gasteiger partial charge in [-0.1, -0.05) is 37.3 Å². The van der Waals surface area contributed by atoms with Gasteiger partial charge in [0.25, 0.3) is 0 Å². The van der Waals surface area contributed by atoms with E-state index in [9.17, 15) is 0 Å². The minimum absolute atomic E-state index is 0.611. The summed E-state index contributed by atoms with van der Waals surface area (Å²) in [7, 11) is 0. The molecule has 0 saturated heterocycles. The van der Waals surface area contributed by atoms with Crippen molar-refractivity contribution in [2.75, 3.05) is 5.32 Å². The van der Waals surface area contributed by atoms with Gasteiger partial charge in [-0.15, -0.1) is 0 Å². The van der Waals surface area contributed by atoms with Gasteiger partial charge in [0.1, 0.15) is 0 Å². The van der Waals surface area contributed by atoms with E-state index in [1.165, 1.54) is 42.1 Å². The summed E-state index contributed by atoms with van der Waals surface area (Å²) in [5, 5.41) is 4.42. The average Bonchev–Trinajstić information content (AvgIpc) is 2.51. The highest BCUT2D eigenvalue weighted by atomic mass is 127. The van der Waals surface area contributed by atoms with Crippen molar-refractivity contribution in [1.82, 2.24) is 0 Å². The SMILES string of the molecule is Clc1cc(I)ccc1NC1CCCCCC1. The maximum Gasteiger partial charge on any atom is 0.0648 e. The molecule has 0 amide bonds. The lowest BCUT2D eigenvalue weighted by molar-refractivity contribution is 0.620. The molecule has 1 nitrogen and oxygen atoms in total. The third-order valence-electron chi connectivity index (χ3n) is 3.15. The summed E-state index contributed by atoms with van der Waals surface area (Å²) in [6, 6.07) is 6.82. The molecular weight excluding hydrogens is 333 g/mol. The fourth-order valence-electron chi connectivity index (χ4n) is 2.25.